The van der Waals surface area contributed by atoms with E-state index in [-0.39, 0.29) is 18.8 Å². The largest absolute Gasteiger partial charge is 0.443 e. The van der Waals surface area contributed by atoms with Crippen molar-refractivity contribution in [1.29, 1.82) is 0 Å². The van der Waals surface area contributed by atoms with E-state index in [1.165, 1.54) is 5.56 Å². The number of nitrogens with zero attached hydrogens (tertiary/aromatic N) is 1. The van der Waals surface area contributed by atoms with E-state index in [1.807, 2.05) is 32.0 Å². The van der Waals surface area contributed by atoms with E-state index in [9.17, 15) is 4.79 Å². The van der Waals surface area contributed by atoms with E-state index < -0.39 is 0 Å². The third-order valence-corrected chi connectivity index (χ3v) is 3.17. The summed E-state index contributed by atoms with van der Waals surface area (Å²) in [7, 11) is 0. The molecule has 0 aromatic heterocycles. The van der Waals surface area contributed by atoms with Crippen molar-refractivity contribution in [1.82, 2.24) is 0 Å². The molecule has 1 atom stereocenters. The van der Waals surface area contributed by atoms with Crippen molar-refractivity contribution < 1.29 is 14.6 Å². The number of rotatable bonds is 2. The Kier molecular flexibility index (Phi) is 3.33. The number of hydrogen-bond donors (Lipinski definition) is 1. The third kappa shape index (κ3) is 2.42. The molecule has 0 saturated carbocycles. The number of cyclic esters (lactones) is 1. The number of hydrogen-bond acceptors (Lipinski definition) is 3. The fraction of sp³-hybridized carbons (Fsp3) is 0.462. The topological polar surface area (TPSA) is 49.8 Å². The minimum atomic E-state index is -0.376. The molecule has 2 rings (SSSR count). The lowest BCUT2D eigenvalue weighted by molar-refractivity contribution is 0.0453. The van der Waals surface area contributed by atoms with Crippen molar-refractivity contribution in [2.75, 3.05) is 18.1 Å². The molecule has 4 nitrogen and oxygen atoms in total. The van der Waals surface area contributed by atoms with Gasteiger partial charge in [0, 0.05) is 18.7 Å². The van der Waals surface area contributed by atoms with Crippen molar-refractivity contribution in [2.45, 2.75) is 26.4 Å². The number of benzene rings is 1. The van der Waals surface area contributed by atoms with E-state index in [4.69, 9.17) is 9.84 Å². The molecule has 0 bridgehead atoms. The van der Waals surface area contributed by atoms with Gasteiger partial charge in [-0.05, 0) is 37.1 Å². The molecule has 92 valence electrons. The molecule has 17 heavy (non-hydrogen) atoms. The van der Waals surface area contributed by atoms with Gasteiger partial charge in [0.1, 0.15) is 6.10 Å². The Labute approximate surface area is 101 Å². The molecule has 4 heteroatoms. The smallest absolute Gasteiger partial charge is 0.414 e. The lowest BCUT2D eigenvalue weighted by Crippen LogP contribution is -2.43. The SMILES string of the molecule is Cc1ccc(N2CCC(CO)OC2=O)cc1C. The monoisotopic (exact) mass is 235 g/mol. The second-order valence-corrected chi connectivity index (χ2v) is 4.40. The lowest BCUT2D eigenvalue weighted by atomic mass is 10.1. The Morgan fingerprint density at radius 3 is 2.76 bits per heavy atom. The van der Waals surface area contributed by atoms with E-state index in [0.29, 0.717) is 13.0 Å². The first-order valence-electron chi connectivity index (χ1n) is 5.78. The van der Waals surface area contributed by atoms with Crippen LogP contribution in [0.5, 0.6) is 0 Å². The molecule has 1 N–H and O–H groups in total. The van der Waals surface area contributed by atoms with Crippen molar-refractivity contribution in [2.24, 2.45) is 0 Å². The molecule has 1 saturated heterocycles. The van der Waals surface area contributed by atoms with Gasteiger partial charge in [-0.15, -0.1) is 0 Å². The van der Waals surface area contributed by atoms with Crippen molar-refractivity contribution in [3.8, 4) is 0 Å². The van der Waals surface area contributed by atoms with Gasteiger partial charge in [-0.25, -0.2) is 4.79 Å². The maximum absolute atomic E-state index is 11.8. The summed E-state index contributed by atoms with van der Waals surface area (Å²) in [5.41, 5.74) is 3.21. The van der Waals surface area contributed by atoms with E-state index in [2.05, 4.69) is 0 Å². The second kappa shape index (κ2) is 4.75. The highest BCUT2D eigenvalue weighted by Gasteiger charge is 2.27. The highest BCUT2D eigenvalue weighted by molar-refractivity contribution is 5.88. The predicted molar refractivity (Wildman–Crippen MR) is 65.2 cm³/mol. The van der Waals surface area contributed by atoms with Crippen LogP contribution in [-0.4, -0.2) is 30.5 Å². The summed E-state index contributed by atoms with van der Waals surface area (Å²) in [6.07, 6.45) is -0.0707. The molecule has 1 amide bonds. The first-order chi connectivity index (χ1) is 8.11. The van der Waals surface area contributed by atoms with E-state index in [1.54, 1.807) is 4.90 Å². The van der Waals surface area contributed by atoms with Gasteiger partial charge < -0.3 is 9.84 Å². The highest BCUT2D eigenvalue weighted by atomic mass is 16.6. The summed E-state index contributed by atoms with van der Waals surface area (Å²) in [6.45, 7) is 4.54. The van der Waals surface area contributed by atoms with Crippen LogP contribution < -0.4 is 4.90 Å². The summed E-state index contributed by atoms with van der Waals surface area (Å²) in [5.74, 6) is 0. The number of carbonyl (C=O) groups excluding carboxylic acids is 1. The Bertz CT molecular complexity index is 431. The van der Waals surface area contributed by atoms with Gasteiger partial charge in [0.2, 0.25) is 0 Å². The minimum absolute atomic E-state index is 0.105. The van der Waals surface area contributed by atoms with Crippen LogP contribution in [0.4, 0.5) is 10.5 Å². The number of anilines is 1. The van der Waals surface area contributed by atoms with Crippen LogP contribution in [0, 0.1) is 13.8 Å². The van der Waals surface area contributed by atoms with Crippen LogP contribution in [0.1, 0.15) is 17.5 Å². The van der Waals surface area contributed by atoms with Gasteiger partial charge in [-0.2, -0.15) is 0 Å². The molecule has 1 aliphatic rings. The summed E-state index contributed by atoms with van der Waals surface area (Å²) in [5, 5.41) is 8.95. The number of carbonyl (C=O) groups is 1. The van der Waals surface area contributed by atoms with Gasteiger partial charge in [0.05, 0.1) is 6.61 Å². The Morgan fingerprint density at radius 1 is 1.41 bits per heavy atom. The number of aliphatic hydroxyl groups is 1. The molecule has 1 unspecified atom stereocenters. The van der Waals surface area contributed by atoms with Gasteiger partial charge in [-0.3, -0.25) is 4.90 Å². The fourth-order valence-electron chi connectivity index (χ4n) is 1.89. The molecule has 0 aliphatic carbocycles. The lowest BCUT2D eigenvalue weighted by Gasteiger charge is -2.31. The predicted octanol–water partition coefficient (Wildman–Crippen LogP) is 2.01. The Morgan fingerprint density at radius 2 is 2.18 bits per heavy atom. The van der Waals surface area contributed by atoms with Crippen molar-refractivity contribution in [3.05, 3.63) is 29.3 Å². The van der Waals surface area contributed by atoms with E-state index >= 15 is 0 Å². The Balaban J connectivity index is 2.17. The molecule has 1 aromatic rings. The summed E-state index contributed by atoms with van der Waals surface area (Å²) >= 11 is 0. The van der Waals surface area contributed by atoms with Gasteiger partial charge in [0.15, 0.2) is 0 Å². The molecule has 0 radical (unpaired) electrons. The first-order valence-corrected chi connectivity index (χ1v) is 5.78. The first kappa shape index (κ1) is 11.9. The maximum atomic E-state index is 11.8. The average molecular weight is 235 g/mol. The van der Waals surface area contributed by atoms with Gasteiger partial charge in [0.25, 0.3) is 0 Å². The van der Waals surface area contributed by atoms with Gasteiger partial charge >= 0.3 is 6.09 Å². The van der Waals surface area contributed by atoms with Gasteiger partial charge in [-0.1, -0.05) is 6.07 Å². The van der Waals surface area contributed by atoms with Crippen LogP contribution in [0.2, 0.25) is 0 Å². The van der Waals surface area contributed by atoms with Crippen molar-refractivity contribution >= 4 is 11.8 Å². The van der Waals surface area contributed by atoms with Crippen LogP contribution in [-0.2, 0) is 4.74 Å². The van der Waals surface area contributed by atoms with E-state index in [0.717, 1.165) is 11.3 Å². The number of ether oxygens (including phenoxy) is 1. The number of amides is 1. The Hall–Kier alpha value is -1.55. The summed E-state index contributed by atoms with van der Waals surface area (Å²) in [4.78, 5) is 13.4. The quantitative estimate of drug-likeness (QED) is 0.853. The zero-order valence-corrected chi connectivity index (χ0v) is 10.1. The average Bonchev–Trinajstić information content (AvgIpc) is 2.32. The number of aliphatic hydroxyl groups excluding tert-OH is 1. The van der Waals surface area contributed by atoms with Crippen LogP contribution in [0.3, 0.4) is 0 Å². The van der Waals surface area contributed by atoms with Crippen molar-refractivity contribution in [3.63, 3.8) is 0 Å². The molecule has 1 aromatic carbocycles. The zero-order chi connectivity index (χ0) is 12.4. The highest BCUT2D eigenvalue weighted by Crippen LogP contribution is 2.23. The third-order valence-electron chi connectivity index (χ3n) is 3.17. The zero-order valence-electron chi connectivity index (χ0n) is 10.1. The molecule has 1 heterocycles. The molecular formula is C13H17NO3. The normalized spacial score (nSPS) is 20.3. The van der Waals surface area contributed by atoms with Crippen LogP contribution in [0.25, 0.3) is 0 Å². The maximum Gasteiger partial charge on any atom is 0.414 e. The van der Waals surface area contributed by atoms with Crippen LogP contribution in [0.15, 0.2) is 18.2 Å². The molecule has 0 spiro atoms. The molecule has 1 fully saturated rings. The summed E-state index contributed by atoms with van der Waals surface area (Å²) in [6, 6.07) is 5.90. The molecular weight excluding hydrogens is 218 g/mol. The number of aryl methyl sites for hydroxylation is 2. The second-order valence-electron chi connectivity index (χ2n) is 4.40. The fourth-order valence-corrected chi connectivity index (χ4v) is 1.89. The minimum Gasteiger partial charge on any atom is -0.443 e. The summed E-state index contributed by atoms with van der Waals surface area (Å²) < 4.78 is 5.11. The standard InChI is InChI=1S/C13H17NO3/c1-9-3-4-11(7-10(9)2)14-6-5-12(8-15)17-13(14)16/h3-4,7,12,15H,5-6,8H2,1-2H3. The van der Waals surface area contributed by atoms with Crippen LogP contribution >= 0.6 is 0 Å². The molecule has 1 aliphatic heterocycles.